The molecule has 2 aromatic carbocycles. The van der Waals surface area contributed by atoms with Crippen LogP contribution in [0, 0.1) is 10.8 Å². The van der Waals surface area contributed by atoms with Crippen LogP contribution in [0.5, 0.6) is 11.6 Å². The zero-order valence-electron chi connectivity index (χ0n) is 27.3. The molecule has 2 aliphatic carbocycles. The molecule has 2 spiro atoms. The lowest BCUT2D eigenvalue weighted by Crippen LogP contribution is -2.58. The maximum Gasteiger partial charge on any atom is 0.218 e. The fourth-order valence-corrected chi connectivity index (χ4v) is 8.43. The Balaban J connectivity index is 0.999. The van der Waals surface area contributed by atoms with Gasteiger partial charge in [-0.3, -0.25) is 4.98 Å². The molecule has 250 valence electrons. The molecule has 4 heterocycles. The number of pyridine rings is 2. The van der Waals surface area contributed by atoms with E-state index < -0.39 is 0 Å². The highest BCUT2D eigenvalue weighted by Crippen LogP contribution is 2.48. The van der Waals surface area contributed by atoms with Gasteiger partial charge in [-0.25, -0.2) is 4.98 Å². The van der Waals surface area contributed by atoms with Crippen molar-refractivity contribution in [2.24, 2.45) is 10.8 Å². The summed E-state index contributed by atoms with van der Waals surface area (Å²) in [5.41, 5.74) is 7.62. The Morgan fingerprint density at radius 2 is 1.38 bits per heavy atom. The topological polar surface area (TPSA) is 86.8 Å². The Bertz CT molecular complexity index is 1690. The summed E-state index contributed by atoms with van der Waals surface area (Å²) in [5.74, 6) is 1.39. The molecular weight excluding hydrogens is 647 g/mol. The van der Waals surface area contributed by atoms with Gasteiger partial charge in [0.25, 0.3) is 0 Å². The van der Waals surface area contributed by atoms with E-state index in [-0.39, 0.29) is 0 Å². The number of methoxy groups -OCH3 is 2. The van der Waals surface area contributed by atoms with Crippen molar-refractivity contribution in [3.63, 3.8) is 0 Å². The van der Waals surface area contributed by atoms with Crippen molar-refractivity contribution in [2.75, 3.05) is 40.6 Å². The summed E-state index contributed by atoms with van der Waals surface area (Å²) < 4.78 is 22.4. The second kappa shape index (κ2) is 12.9. The van der Waals surface area contributed by atoms with E-state index in [0.717, 1.165) is 90.6 Å². The van der Waals surface area contributed by atoms with Gasteiger partial charge in [-0.05, 0) is 43.9 Å². The Hall–Kier alpha value is -3.24. The fourth-order valence-electron chi connectivity index (χ4n) is 7.78. The number of aromatic nitrogens is 2. The van der Waals surface area contributed by atoms with E-state index >= 15 is 0 Å². The van der Waals surface area contributed by atoms with Gasteiger partial charge >= 0.3 is 0 Å². The minimum Gasteiger partial charge on any atom is -0.496 e. The number of hydrogen-bond donors (Lipinski definition) is 2. The molecule has 8 rings (SSSR count). The lowest BCUT2D eigenvalue weighted by molar-refractivity contribution is -0.167. The van der Waals surface area contributed by atoms with Gasteiger partial charge in [0, 0.05) is 75.6 Å². The minimum atomic E-state index is 0.421. The zero-order chi connectivity index (χ0) is 32.9. The molecule has 0 bridgehead atoms. The average molecular weight is 688 g/mol. The second-order valence-electron chi connectivity index (χ2n) is 14.0. The molecule has 2 saturated carbocycles. The van der Waals surface area contributed by atoms with Gasteiger partial charge in [0.15, 0.2) is 0 Å². The van der Waals surface area contributed by atoms with Crippen LogP contribution in [-0.2, 0) is 22.6 Å². The van der Waals surface area contributed by atoms with E-state index in [1.165, 1.54) is 12.8 Å². The summed E-state index contributed by atoms with van der Waals surface area (Å²) in [4.78, 5) is 9.53. The molecule has 0 atom stereocenters. The number of halogens is 2. The highest BCUT2D eigenvalue weighted by atomic mass is 35.5. The van der Waals surface area contributed by atoms with Gasteiger partial charge in [-0.1, -0.05) is 59.6 Å². The van der Waals surface area contributed by atoms with E-state index in [0.29, 0.717) is 51.1 Å². The molecule has 2 N–H and O–H groups in total. The zero-order valence-corrected chi connectivity index (χ0v) is 28.8. The van der Waals surface area contributed by atoms with Crippen LogP contribution in [0.25, 0.3) is 33.6 Å². The molecule has 2 aliphatic heterocycles. The molecule has 10 heteroatoms. The van der Waals surface area contributed by atoms with Crippen LogP contribution in [0.4, 0.5) is 0 Å². The fraction of sp³-hybridized carbons (Fsp3) is 0.421. The van der Waals surface area contributed by atoms with Crippen molar-refractivity contribution >= 4 is 23.2 Å². The Kier molecular flexibility index (Phi) is 8.60. The minimum absolute atomic E-state index is 0.421. The summed E-state index contributed by atoms with van der Waals surface area (Å²) in [6.07, 6.45) is 6.44. The number of nitrogens with one attached hydrogen (secondary N) is 2. The Morgan fingerprint density at radius 3 is 2.00 bits per heavy atom. The van der Waals surface area contributed by atoms with Crippen LogP contribution in [0.15, 0.2) is 60.8 Å². The van der Waals surface area contributed by atoms with E-state index in [2.05, 4.69) is 33.8 Å². The number of hydrogen-bond acceptors (Lipinski definition) is 8. The number of benzene rings is 2. The molecule has 0 unspecified atom stereocenters. The average Bonchev–Trinajstić information content (AvgIpc) is 3.02. The molecule has 0 radical (unpaired) electrons. The SMILES string of the molecule is COc1cc(-c2nccc(-c3cccc(-c4ccc(CNC5CC6(COC6)C5)c(OC)n4)c3Cl)c2Cl)ccc1CNC1CC2(COC2)C1. The highest BCUT2D eigenvalue weighted by Gasteiger charge is 2.50. The summed E-state index contributed by atoms with van der Waals surface area (Å²) in [6, 6.07) is 19.0. The van der Waals surface area contributed by atoms with Gasteiger partial charge < -0.3 is 29.6 Å². The van der Waals surface area contributed by atoms with Crippen molar-refractivity contribution < 1.29 is 18.9 Å². The van der Waals surface area contributed by atoms with Gasteiger partial charge in [0.2, 0.25) is 5.88 Å². The first-order valence-corrected chi connectivity index (χ1v) is 17.4. The van der Waals surface area contributed by atoms with E-state index in [4.69, 9.17) is 47.1 Å². The van der Waals surface area contributed by atoms with Crippen molar-refractivity contribution in [1.29, 1.82) is 0 Å². The van der Waals surface area contributed by atoms with E-state index in [1.54, 1.807) is 20.4 Å². The molecule has 8 nitrogen and oxygen atoms in total. The summed E-state index contributed by atoms with van der Waals surface area (Å²) in [6.45, 7) is 5.03. The van der Waals surface area contributed by atoms with Crippen LogP contribution in [0.3, 0.4) is 0 Å². The largest absolute Gasteiger partial charge is 0.496 e. The van der Waals surface area contributed by atoms with Crippen molar-refractivity contribution in [3.8, 4) is 45.3 Å². The lowest BCUT2D eigenvalue weighted by atomic mass is 9.64. The molecule has 4 aromatic rings. The highest BCUT2D eigenvalue weighted by molar-refractivity contribution is 6.39. The third kappa shape index (κ3) is 5.86. The van der Waals surface area contributed by atoms with Gasteiger partial charge in [0.05, 0.1) is 62.1 Å². The van der Waals surface area contributed by atoms with Crippen LogP contribution >= 0.6 is 23.2 Å². The predicted octanol–water partition coefficient (Wildman–Crippen LogP) is 7.34. The number of ether oxygens (including phenoxy) is 4. The first kappa shape index (κ1) is 32.0. The molecule has 4 aliphatic rings. The summed E-state index contributed by atoms with van der Waals surface area (Å²) in [5, 5.41) is 8.41. The molecule has 2 saturated heterocycles. The van der Waals surface area contributed by atoms with Gasteiger partial charge in [-0.2, -0.15) is 0 Å². The predicted molar refractivity (Wildman–Crippen MR) is 188 cm³/mol. The number of nitrogens with zero attached hydrogens (tertiary/aromatic N) is 2. The normalized spacial score (nSPS) is 20.5. The van der Waals surface area contributed by atoms with Crippen molar-refractivity contribution in [2.45, 2.75) is 50.9 Å². The first-order chi connectivity index (χ1) is 23.4. The van der Waals surface area contributed by atoms with E-state index in [1.807, 2.05) is 36.4 Å². The van der Waals surface area contributed by atoms with Gasteiger partial charge in [-0.15, -0.1) is 0 Å². The smallest absolute Gasteiger partial charge is 0.218 e. The lowest BCUT2D eigenvalue weighted by Gasteiger charge is -2.53. The van der Waals surface area contributed by atoms with Crippen LogP contribution < -0.4 is 20.1 Å². The first-order valence-electron chi connectivity index (χ1n) is 16.7. The second-order valence-corrected chi connectivity index (χ2v) is 14.8. The molecular formula is C38H40Cl2N4O4. The molecule has 48 heavy (non-hydrogen) atoms. The van der Waals surface area contributed by atoms with Crippen LogP contribution in [0.1, 0.15) is 36.8 Å². The third-order valence-corrected chi connectivity index (χ3v) is 11.4. The van der Waals surface area contributed by atoms with Crippen molar-refractivity contribution in [3.05, 3.63) is 82.0 Å². The Morgan fingerprint density at radius 1 is 0.750 bits per heavy atom. The molecule has 4 fully saturated rings. The summed E-state index contributed by atoms with van der Waals surface area (Å²) in [7, 11) is 3.35. The maximum absolute atomic E-state index is 7.12. The van der Waals surface area contributed by atoms with Crippen LogP contribution in [-0.4, -0.2) is 62.7 Å². The number of rotatable bonds is 11. The quantitative estimate of drug-likeness (QED) is 0.170. The molecule has 0 amide bonds. The standard InChI is InChI=1S/C38H40Cl2N4O4/c1-45-32-12-23(6-7-24(32)17-42-26-13-37(14-26)19-47-20-37)35-34(40)29(10-11-41-35)28-4-3-5-30(33(28)39)31-9-8-25(36(44-31)46-2)18-43-27-15-38(16-27)21-48-22-38/h3-12,26-27,42-43H,13-22H2,1-2H3. The summed E-state index contributed by atoms with van der Waals surface area (Å²) >= 11 is 14.2. The van der Waals surface area contributed by atoms with Gasteiger partial charge in [0.1, 0.15) is 5.75 Å². The Labute approximate surface area is 291 Å². The maximum atomic E-state index is 7.12. The monoisotopic (exact) mass is 686 g/mol. The van der Waals surface area contributed by atoms with Crippen molar-refractivity contribution in [1.82, 2.24) is 20.6 Å². The van der Waals surface area contributed by atoms with Crippen LogP contribution in [0.2, 0.25) is 10.0 Å². The van der Waals surface area contributed by atoms with E-state index in [9.17, 15) is 0 Å². The third-order valence-electron chi connectivity index (χ3n) is 10.7. The molecule has 2 aromatic heterocycles.